The molecule has 7 heteroatoms. The Morgan fingerprint density at radius 2 is 2.15 bits per heavy atom. The van der Waals surface area contributed by atoms with Crippen LogP contribution in [0.2, 0.25) is 0 Å². The summed E-state index contributed by atoms with van der Waals surface area (Å²) in [4.78, 5) is 22.0. The Kier molecular flexibility index (Phi) is 5.92. The van der Waals surface area contributed by atoms with Crippen molar-refractivity contribution in [3.63, 3.8) is 0 Å². The Hall–Kier alpha value is -2.15. The second-order valence-electron chi connectivity index (χ2n) is 4.36. The number of methoxy groups -OCH3 is 1. The molecule has 0 bridgehead atoms. The molecule has 1 atom stereocenters. The van der Waals surface area contributed by atoms with Crippen LogP contribution in [0, 0.1) is 0 Å². The number of carbonyl (C=O) groups is 2. The molecule has 0 spiro atoms. The lowest BCUT2D eigenvalue weighted by atomic mass is 10.2. The summed E-state index contributed by atoms with van der Waals surface area (Å²) in [5.74, 6) is -0.891. The fourth-order valence-corrected chi connectivity index (χ4v) is 1.78. The number of ether oxygens (including phenoxy) is 1. The van der Waals surface area contributed by atoms with Gasteiger partial charge in [-0.1, -0.05) is 0 Å². The number of amides is 1. The third-order valence-electron chi connectivity index (χ3n) is 2.72. The number of hydrogen-bond acceptors (Lipinski definition) is 4. The van der Waals surface area contributed by atoms with Crippen LogP contribution in [0.1, 0.15) is 18.9 Å². The maximum Gasteiger partial charge on any atom is 0.326 e. The Morgan fingerprint density at radius 1 is 1.45 bits per heavy atom. The zero-order valence-electron chi connectivity index (χ0n) is 11.5. The molecule has 0 fully saturated rings. The smallest absolute Gasteiger partial charge is 0.326 e. The highest BCUT2D eigenvalue weighted by molar-refractivity contribution is 5.81. The summed E-state index contributed by atoms with van der Waals surface area (Å²) >= 11 is 0. The summed E-state index contributed by atoms with van der Waals surface area (Å²) in [5.41, 5.74) is 0.663. The molecule has 0 radical (unpaired) electrons. The fraction of sp³-hybridized carbons (Fsp3) is 0.462. The van der Waals surface area contributed by atoms with Gasteiger partial charge in [0.15, 0.2) is 18.5 Å². The number of carboxylic acids is 1. The zero-order valence-corrected chi connectivity index (χ0v) is 11.5. The van der Waals surface area contributed by atoms with Crippen LogP contribution in [0.3, 0.4) is 0 Å². The molecule has 0 saturated carbocycles. The fourth-order valence-electron chi connectivity index (χ4n) is 1.78. The Morgan fingerprint density at radius 3 is 2.65 bits per heavy atom. The topological polar surface area (TPSA) is 99.7 Å². The van der Waals surface area contributed by atoms with Crippen molar-refractivity contribution in [3.8, 4) is 5.75 Å². The minimum Gasteiger partial charge on any atom is -0.491 e. The highest BCUT2D eigenvalue weighted by Gasteiger charge is 2.20. The lowest BCUT2D eigenvalue weighted by Crippen LogP contribution is -2.44. The van der Waals surface area contributed by atoms with E-state index in [-0.39, 0.29) is 18.9 Å². The Bertz CT molecular complexity index is 467. The third kappa shape index (κ3) is 4.85. The van der Waals surface area contributed by atoms with E-state index in [0.717, 1.165) is 0 Å². The summed E-state index contributed by atoms with van der Waals surface area (Å²) in [7, 11) is 1.51. The predicted octanol–water partition coefficient (Wildman–Crippen LogP) is -0.546. The van der Waals surface area contributed by atoms with E-state index in [2.05, 4.69) is 5.32 Å². The molecule has 7 nitrogen and oxygen atoms in total. The summed E-state index contributed by atoms with van der Waals surface area (Å²) in [6.45, 7) is 1.52. The molecule has 0 aliphatic rings. The number of carbonyl (C=O) groups excluding carboxylic acids is 1. The van der Waals surface area contributed by atoms with E-state index in [1.165, 1.54) is 14.0 Å². The minimum atomic E-state index is -1.08. The molecule has 1 rings (SSSR count). The van der Waals surface area contributed by atoms with Crippen LogP contribution in [0.5, 0.6) is 5.75 Å². The van der Waals surface area contributed by atoms with Gasteiger partial charge in [-0.25, -0.2) is 9.36 Å². The number of pyridine rings is 1. The first-order valence-electron chi connectivity index (χ1n) is 6.14. The van der Waals surface area contributed by atoms with Gasteiger partial charge in [0.25, 0.3) is 0 Å². The Balaban J connectivity index is 2.76. The minimum absolute atomic E-state index is 0.134. The quantitative estimate of drug-likeness (QED) is 0.583. The van der Waals surface area contributed by atoms with Crippen molar-refractivity contribution in [1.82, 2.24) is 5.32 Å². The molecule has 1 amide bonds. The van der Waals surface area contributed by atoms with Crippen LogP contribution < -0.4 is 14.6 Å². The molecule has 0 aliphatic carbocycles. The van der Waals surface area contributed by atoms with Gasteiger partial charge in [0.1, 0.15) is 6.04 Å². The average molecular weight is 283 g/mol. The van der Waals surface area contributed by atoms with Crippen molar-refractivity contribution >= 4 is 11.9 Å². The number of nitrogens with one attached hydrogen (secondary N) is 1. The lowest BCUT2D eigenvalue weighted by molar-refractivity contribution is -0.698. The second kappa shape index (κ2) is 7.44. The monoisotopic (exact) mass is 283 g/mol. The van der Waals surface area contributed by atoms with Gasteiger partial charge in [0, 0.05) is 18.9 Å². The van der Waals surface area contributed by atoms with Gasteiger partial charge in [-0.15, -0.1) is 0 Å². The summed E-state index contributed by atoms with van der Waals surface area (Å²) in [6.07, 6.45) is 3.64. The van der Waals surface area contributed by atoms with Crippen molar-refractivity contribution in [1.29, 1.82) is 0 Å². The molecular formula is C13H19N2O5+. The Labute approximate surface area is 116 Å². The van der Waals surface area contributed by atoms with Crippen LogP contribution >= 0.6 is 0 Å². The summed E-state index contributed by atoms with van der Waals surface area (Å²) in [5, 5.41) is 20.5. The van der Waals surface area contributed by atoms with Crippen LogP contribution in [0.15, 0.2) is 18.5 Å². The average Bonchev–Trinajstić information content (AvgIpc) is 2.42. The number of nitrogens with zero attached hydrogens (tertiary/aromatic N) is 1. The van der Waals surface area contributed by atoms with E-state index in [1.54, 1.807) is 23.0 Å². The molecule has 0 aliphatic heterocycles. The van der Waals surface area contributed by atoms with Gasteiger partial charge in [-0.05, 0) is 6.07 Å². The van der Waals surface area contributed by atoms with Crippen molar-refractivity contribution in [2.75, 3.05) is 7.11 Å². The number of aliphatic hydroxyl groups is 1. The molecule has 20 heavy (non-hydrogen) atoms. The van der Waals surface area contributed by atoms with Crippen LogP contribution in [0.4, 0.5) is 0 Å². The van der Waals surface area contributed by atoms with Crippen LogP contribution in [0.25, 0.3) is 0 Å². The molecule has 1 aromatic rings. The van der Waals surface area contributed by atoms with E-state index >= 15 is 0 Å². The SMILES string of the molecule is COc1cc(CO)c[n+](CCC(NC(C)=O)C(=O)O)c1. The van der Waals surface area contributed by atoms with Crippen molar-refractivity contribution in [3.05, 3.63) is 24.0 Å². The molecule has 0 aromatic carbocycles. The van der Waals surface area contributed by atoms with Crippen LogP contribution in [-0.2, 0) is 22.7 Å². The second-order valence-corrected chi connectivity index (χ2v) is 4.36. The largest absolute Gasteiger partial charge is 0.491 e. The predicted molar refractivity (Wildman–Crippen MR) is 69.0 cm³/mol. The van der Waals surface area contributed by atoms with E-state index in [9.17, 15) is 9.59 Å². The number of carboxylic acid groups (broad SMARTS) is 1. The van der Waals surface area contributed by atoms with Gasteiger partial charge >= 0.3 is 5.97 Å². The normalized spacial score (nSPS) is 11.8. The molecule has 1 aromatic heterocycles. The first-order valence-corrected chi connectivity index (χ1v) is 6.14. The molecule has 1 heterocycles. The van der Waals surface area contributed by atoms with Crippen molar-refractivity contribution in [2.24, 2.45) is 0 Å². The summed E-state index contributed by atoms with van der Waals surface area (Å²) < 4.78 is 6.82. The highest BCUT2D eigenvalue weighted by Crippen LogP contribution is 2.09. The van der Waals surface area contributed by atoms with Crippen molar-refractivity contribution < 1.29 is 29.1 Å². The van der Waals surface area contributed by atoms with E-state index < -0.39 is 12.0 Å². The molecule has 3 N–H and O–H groups in total. The zero-order chi connectivity index (χ0) is 15.1. The van der Waals surface area contributed by atoms with Gasteiger partial charge < -0.3 is 20.3 Å². The summed E-state index contributed by atoms with van der Waals surface area (Å²) in [6, 6.07) is 0.753. The molecule has 0 saturated heterocycles. The van der Waals surface area contributed by atoms with E-state index in [4.69, 9.17) is 14.9 Å². The third-order valence-corrected chi connectivity index (χ3v) is 2.72. The molecular weight excluding hydrogens is 264 g/mol. The van der Waals surface area contributed by atoms with Crippen LogP contribution in [-0.4, -0.2) is 35.2 Å². The van der Waals surface area contributed by atoms with E-state index in [0.29, 0.717) is 17.9 Å². The lowest BCUT2D eigenvalue weighted by Gasteiger charge is -2.11. The molecule has 1 unspecified atom stereocenters. The van der Waals surface area contributed by atoms with E-state index in [1.807, 2.05) is 0 Å². The maximum atomic E-state index is 11.0. The highest BCUT2D eigenvalue weighted by atomic mass is 16.5. The van der Waals surface area contributed by atoms with Crippen molar-refractivity contribution in [2.45, 2.75) is 32.5 Å². The number of aryl methyl sites for hydroxylation is 1. The maximum absolute atomic E-state index is 11.0. The number of rotatable bonds is 7. The van der Waals surface area contributed by atoms with Gasteiger partial charge in [-0.2, -0.15) is 0 Å². The van der Waals surface area contributed by atoms with Gasteiger partial charge in [0.05, 0.1) is 13.7 Å². The van der Waals surface area contributed by atoms with Gasteiger partial charge in [0.2, 0.25) is 12.1 Å². The van der Waals surface area contributed by atoms with Gasteiger partial charge in [-0.3, -0.25) is 4.79 Å². The number of hydrogen-bond donors (Lipinski definition) is 3. The first-order chi connectivity index (χ1) is 9.46. The number of aromatic nitrogens is 1. The first kappa shape index (κ1) is 15.9. The molecule has 110 valence electrons. The standard InChI is InChI=1S/C13H18N2O5/c1-9(17)14-12(13(18)19)3-4-15-6-10(8-16)5-11(7-15)20-2/h5-7,12,16H,3-4,8H2,1-2H3,(H-,14,17,18,19)/p+1. The number of aliphatic carboxylic acids is 1. The number of aliphatic hydroxyl groups excluding tert-OH is 1.